The minimum absolute atomic E-state index is 0.116. The molecule has 3 aliphatic rings. The summed E-state index contributed by atoms with van der Waals surface area (Å²) in [5, 5.41) is 46.8. The number of amides is 3. The Morgan fingerprint density at radius 3 is 1.80 bits per heavy atom. The van der Waals surface area contributed by atoms with Gasteiger partial charge < -0.3 is 54.7 Å². The lowest BCUT2D eigenvalue weighted by molar-refractivity contribution is -0.270. The summed E-state index contributed by atoms with van der Waals surface area (Å²) < 4.78 is 17.4. The molecule has 1 fully saturated rings. The van der Waals surface area contributed by atoms with Crippen molar-refractivity contribution in [1.82, 2.24) is 10.2 Å². The second-order valence-electron chi connectivity index (χ2n) is 15.2. The number of thiophene rings is 1. The van der Waals surface area contributed by atoms with Crippen molar-refractivity contribution in [2.24, 2.45) is 0 Å². The Labute approximate surface area is 363 Å². The van der Waals surface area contributed by atoms with E-state index in [-0.39, 0.29) is 58.1 Å². The molecular formula is C43H42Cl2N4O11S. The molecule has 61 heavy (non-hydrogen) atoms. The molecule has 0 aliphatic carbocycles. The van der Waals surface area contributed by atoms with Crippen LogP contribution in [-0.4, -0.2) is 132 Å². The molecule has 0 bridgehead atoms. The average Bonchev–Trinajstić information content (AvgIpc) is 4.01. The van der Waals surface area contributed by atoms with E-state index in [1.807, 2.05) is 30.3 Å². The van der Waals surface area contributed by atoms with Crippen LogP contribution in [0, 0.1) is 0 Å². The number of carboxylic acid groups (broad SMARTS) is 1. The van der Waals surface area contributed by atoms with E-state index in [1.165, 1.54) is 9.80 Å². The summed E-state index contributed by atoms with van der Waals surface area (Å²) in [6.45, 7) is 1.44. The Hall–Kier alpha value is -5.04. The molecule has 0 spiro atoms. The number of halogens is 2. The van der Waals surface area contributed by atoms with E-state index in [0.29, 0.717) is 46.4 Å². The molecule has 5 unspecified atom stereocenters. The number of fused-ring (bicyclic) bond motifs is 6. The predicted molar refractivity (Wildman–Crippen MR) is 230 cm³/mol. The lowest BCUT2D eigenvalue weighted by atomic mass is 9.95. The Kier molecular flexibility index (Phi) is 12.1. The van der Waals surface area contributed by atoms with Gasteiger partial charge in [-0.25, -0.2) is 9.59 Å². The van der Waals surface area contributed by atoms with Crippen molar-refractivity contribution < 1.29 is 53.8 Å². The number of carboxylic acids is 1. The van der Waals surface area contributed by atoms with Crippen LogP contribution in [0.1, 0.15) is 42.3 Å². The van der Waals surface area contributed by atoms with Crippen molar-refractivity contribution in [3.8, 4) is 11.5 Å². The number of ether oxygens (including phenoxy) is 3. The molecule has 4 heterocycles. The number of likely N-dealkylation sites (N-methyl/N-ethyl adjacent to an activating group) is 2. The average molecular weight is 894 g/mol. The van der Waals surface area contributed by atoms with Gasteiger partial charge in [0.2, 0.25) is 6.29 Å². The summed E-state index contributed by atoms with van der Waals surface area (Å²) in [4.78, 5) is 59.0. The molecule has 5 aromatic rings. The van der Waals surface area contributed by atoms with Crippen LogP contribution in [-0.2, 0) is 9.53 Å². The fraction of sp³-hybridized carbons (Fsp3) is 0.349. The first-order valence-corrected chi connectivity index (χ1v) is 21.4. The Balaban J connectivity index is 1.11. The Morgan fingerprint density at radius 1 is 0.787 bits per heavy atom. The molecule has 0 saturated carbocycles. The number of carbonyl (C=O) groups excluding carboxylic acids is 3. The number of aliphatic carboxylic acids is 1. The van der Waals surface area contributed by atoms with Crippen molar-refractivity contribution in [3.63, 3.8) is 0 Å². The second kappa shape index (κ2) is 17.4. The first kappa shape index (κ1) is 42.6. The zero-order valence-electron chi connectivity index (χ0n) is 32.9. The minimum atomic E-state index is -1.91. The topological polar surface area (TPSA) is 199 Å². The van der Waals surface area contributed by atoms with Gasteiger partial charge in [-0.2, -0.15) is 0 Å². The number of nitrogens with one attached hydrogen (secondary N) is 1. The molecule has 7 atom stereocenters. The normalized spacial score (nSPS) is 23.2. The predicted octanol–water partition coefficient (Wildman–Crippen LogP) is 4.94. The van der Waals surface area contributed by atoms with Gasteiger partial charge in [-0.1, -0.05) is 48.5 Å². The quantitative estimate of drug-likeness (QED) is 0.112. The molecular weight excluding hydrogens is 851 g/mol. The molecule has 18 heteroatoms. The molecule has 1 saturated heterocycles. The number of hydrogen-bond acceptors (Lipinski definition) is 12. The highest BCUT2D eigenvalue weighted by molar-refractivity contribution is 7.16. The lowest BCUT2D eigenvalue weighted by Crippen LogP contribution is -2.61. The maximum absolute atomic E-state index is 14.5. The van der Waals surface area contributed by atoms with Crippen LogP contribution in [0.15, 0.2) is 72.8 Å². The van der Waals surface area contributed by atoms with Crippen LogP contribution in [0.2, 0.25) is 0 Å². The molecule has 8 rings (SSSR count). The number of carbonyl (C=O) groups is 4. The standard InChI is InChI=1S/C43H42Cl2N4O11S/c1-46-13-14-47(2)43(57)59-30-16-28-34(26-10-6-4-8-24(26)30)22(18-45)20-49(28)40(54)32-12-11-31(61-32)39(53)48-19-21(17-44)33-25-9-5-3-7-23(25)29(15-27(33)48)58-42-37(52)35(50)36(51)38(60-42)41(55)56/h3-12,15-16,21-22,35-38,42,46,50-52H,13-14,17-20H2,1-2H3,(H,55,56)/t21-,22-,35?,36?,37?,38?,42?/m1/s1. The monoisotopic (exact) mass is 892 g/mol. The number of alkyl halides is 2. The van der Waals surface area contributed by atoms with Gasteiger partial charge in [0.25, 0.3) is 11.8 Å². The van der Waals surface area contributed by atoms with Gasteiger partial charge in [0.1, 0.15) is 29.8 Å². The van der Waals surface area contributed by atoms with Gasteiger partial charge in [-0.05, 0) is 41.1 Å². The van der Waals surface area contributed by atoms with Crippen LogP contribution < -0.4 is 24.6 Å². The van der Waals surface area contributed by atoms with Crippen LogP contribution in [0.25, 0.3) is 21.5 Å². The summed E-state index contributed by atoms with van der Waals surface area (Å²) in [5.74, 6) is -2.06. The van der Waals surface area contributed by atoms with E-state index in [0.717, 1.165) is 27.8 Å². The summed E-state index contributed by atoms with van der Waals surface area (Å²) in [5.41, 5.74) is 2.62. The third-order valence-corrected chi connectivity index (χ3v) is 13.2. The smallest absolute Gasteiger partial charge is 0.415 e. The third-order valence-electron chi connectivity index (χ3n) is 11.4. The van der Waals surface area contributed by atoms with E-state index in [2.05, 4.69) is 5.32 Å². The highest BCUT2D eigenvalue weighted by Gasteiger charge is 2.48. The van der Waals surface area contributed by atoms with E-state index in [9.17, 15) is 39.6 Å². The fourth-order valence-electron chi connectivity index (χ4n) is 8.30. The highest BCUT2D eigenvalue weighted by atomic mass is 35.5. The van der Waals surface area contributed by atoms with Gasteiger partial charge in [-0.15, -0.1) is 34.5 Å². The molecule has 320 valence electrons. The first-order valence-electron chi connectivity index (χ1n) is 19.5. The number of aliphatic hydroxyl groups excluding tert-OH is 3. The van der Waals surface area contributed by atoms with E-state index >= 15 is 0 Å². The van der Waals surface area contributed by atoms with Crippen molar-refractivity contribution in [2.45, 2.75) is 42.5 Å². The van der Waals surface area contributed by atoms with Crippen molar-refractivity contribution in [1.29, 1.82) is 0 Å². The third kappa shape index (κ3) is 7.65. The van der Waals surface area contributed by atoms with E-state index in [1.54, 1.807) is 61.5 Å². The largest absolute Gasteiger partial charge is 0.479 e. The second-order valence-corrected chi connectivity index (χ2v) is 16.9. The summed E-state index contributed by atoms with van der Waals surface area (Å²) >= 11 is 14.1. The molecule has 1 aromatic heterocycles. The molecule has 3 aliphatic heterocycles. The number of hydrogen-bond donors (Lipinski definition) is 5. The molecule has 0 radical (unpaired) electrons. The van der Waals surface area contributed by atoms with Gasteiger partial charge in [0.15, 0.2) is 6.10 Å². The number of benzene rings is 4. The molecule has 15 nitrogen and oxygen atoms in total. The van der Waals surface area contributed by atoms with Gasteiger partial charge in [0, 0.05) is 79.7 Å². The highest BCUT2D eigenvalue weighted by Crippen LogP contribution is 2.48. The van der Waals surface area contributed by atoms with Crippen LogP contribution in [0.5, 0.6) is 11.5 Å². The maximum atomic E-state index is 14.5. The fourth-order valence-corrected chi connectivity index (χ4v) is 9.70. The molecule has 4 aromatic carbocycles. The van der Waals surface area contributed by atoms with E-state index in [4.69, 9.17) is 37.4 Å². The molecule has 5 N–H and O–H groups in total. The minimum Gasteiger partial charge on any atom is -0.479 e. The summed E-state index contributed by atoms with van der Waals surface area (Å²) in [7, 11) is 3.43. The Bertz CT molecular complexity index is 2540. The number of rotatable bonds is 11. The number of aliphatic hydroxyl groups is 3. The summed E-state index contributed by atoms with van der Waals surface area (Å²) in [6.07, 6.45) is -9.74. The summed E-state index contributed by atoms with van der Waals surface area (Å²) in [6, 6.07) is 21.1. The van der Waals surface area contributed by atoms with Gasteiger partial charge in [0.05, 0.1) is 21.1 Å². The number of anilines is 2. The number of nitrogens with zero attached hydrogens (tertiary/aromatic N) is 3. The van der Waals surface area contributed by atoms with Gasteiger partial charge >= 0.3 is 12.1 Å². The SMILES string of the molecule is CNCCN(C)C(=O)Oc1cc2c(c3ccccc13)[C@H](CCl)CN2C(=O)c1ccc(C(=O)N2C[C@@H](CCl)c3c2cc(OC2OC(C(=O)O)C(O)C(O)C2O)c2ccccc32)s1. The van der Waals surface area contributed by atoms with Crippen LogP contribution >= 0.6 is 34.5 Å². The lowest BCUT2D eigenvalue weighted by Gasteiger charge is -2.38. The van der Waals surface area contributed by atoms with Crippen molar-refractivity contribution in [3.05, 3.63) is 93.7 Å². The molecule has 3 amide bonds. The zero-order valence-corrected chi connectivity index (χ0v) is 35.2. The van der Waals surface area contributed by atoms with Crippen molar-refractivity contribution in [2.75, 3.05) is 61.8 Å². The van der Waals surface area contributed by atoms with Crippen molar-refractivity contribution >= 4 is 91.3 Å². The first-order chi connectivity index (χ1) is 29.4. The van der Waals surface area contributed by atoms with Crippen LogP contribution in [0.4, 0.5) is 16.2 Å². The maximum Gasteiger partial charge on any atom is 0.415 e. The van der Waals surface area contributed by atoms with Gasteiger partial charge in [-0.3, -0.25) is 9.59 Å². The van der Waals surface area contributed by atoms with Crippen LogP contribution in [0.3, 0.4) is 0 Å². The Morgan fingerprint density at radius 2 is 1.30 bits per heavy atom. The zero-order chi connectivity index (χ0) is 43.3. The van der Waals surface area contributed by atoms with E-state index < -0.39 is 48.7 Å².